The first-order chi connectivity index (χ1) is 15.0. The summed E-state index contributed by atoms with van der Waals surface area (Å²) in [5, 5.41) is 7.12. The normalized spacial score (nSPS) is 20.4. The van der Waals surface area contributed by atoms with E-state index in [2.05, 4.69) is 41.1 Å². The molecular weight excluding hydrogens is 425 g/mol. The van der Waals surface area contributed by atoms with Gasteiger partial charge in [-0.05, 0) is 31.0 Å². The predicted molar refractivity (Wildman–Crippen MR) is 112 cm³/mol. The van der Waals surface area contributed by atoms with Crippen LogP contribution >= 0.6 is 0 Å². The highest BCUT2D eigenvalue weighted by Gasteiger charge is 2.45. The largest absolute Gasteiger partial charge is 0.490 e. The molecule has 1 aromatic carbocycles. The van der Waals surface area contributed by atoms with E-state index in [1.54, 1.807) is 0 Å². The lowest BCUT2D eigenvalue weighted by atomic mass is 9.80. The Morgan fingerprint density at radius 1 is 1.31 bits per heavy atom. The minimum atomic E-state index is -5.08. The summed E-state index contributed by atoms with van der Waals surface area (Å²) in [4.78, 5) is 22.8. The van der Waals surface area contributed by atoms with Gasteiger partial charge in [-0.1, -0.05) is 24.3 Å². The molecule has 4 rings (SSSR count). The third-order valence-electron chi connectivity index (χ3n) is 5.72. The molecule has 1 saturated heterocycles. The molecule has 0 saturated carbocycles. The smallest absolute Gasteiger partial charge is 0.475 e. The highest BCUT2D eigenvalue weighted by atomic mass is 19.4. The number of carboxylic acids is 1. The molecular formula is C22H27F3N4O3. The molecule has 1 aromatic heterocycles. The number of anilines is 1. The highest BCUT2D eigenvalue weighted by molar-refractivity contribution is 5.73. The number of rotatable bonds is 3. The summed E-state index contributed by atoms with van der Waals surface area (Å²) in [6, 6.07) is 8.66. The maximum absolute atomic E-state index is 10.6. The van der Waals surface area contributed by atoms with Crippen LogP contribution in [0.4, 0.5) is 19.1 Å². The first-order valence-corrected chi connectivity index (χ1v) is 10.2. The van der Waals surface area contributed by atoms with Gasteiger partial charge in [0.2, 0.25) is 5.95 Å². The van der Waals surface area contributed by atoms with Crippen LogP contribution in [0.1, 0.15) is 28.8 Å². The number of alkyl halides is 3. The first kappa shape index (κ1) is 23.9. The van der Waals surface area contributed by atoms with Gasteiger partial charge in [0, 0.05) is 38.9 Å². The van der Waals surface area contributed by atoms with E-state index in [0.29, 0.717) is 6.61 Å². The van der Waals surface area contributed by atoms with Crippen LogP contribution in [0.5, 0.6) is 0 Å². The molecule has 0 aliphatic carbocycles. The van der Waals surface area contributed by atoms with Gasteiger partial charge >= 0.3 is 12.1 Å². The van der Waals surface area contributed by atoms with Crippen molar-refractivity contribution in [3.63, 3.8) is 0 Å². The molecule has 2 aliphatic rings. The van der Waals surface area contributed by atoms with Gasteiger partial charge in [0.05, 0.1) is 24.3 Å². The van der Waals surface area contributed by atoms with Gasteiger partial charge in [-0.2, -0.15) is 13.2 Å². The summed E-state index contributed by atoms with van der Waals surface area (Å²) in [5.74, 6) is -1.97. The van der Waals surface area contributed by atoms with Crippen molar-refractivity contribution >= 4 is 11.9 Å². The Kier molecular flexibility index (Phi) is 7.04. The SMILES string of the molecule is Cc1ccccc1CN1CCC2(COCc3cnc(N(C)C)nc32)C1.O=C(O)C(F)(F)F. The number of benzene rings is 1. The zero-order chi connectivity index (χ0) is 23.5. The van der Waals surface area contributed by atoms with Gasteiger partial charge in [0.15, 0.2) is 0 Å². The molecule has 1 spiro atoms. The van der Waals surface area contributed by atoms with Crippen LogP contribution in [0, 0.1) is 6.92 Å². The minimum absolute atomic E-state index is 0.00394. The van der Waals surface area contributed by atoms with Gasteiger partial charge in [-0.25, -0.2) is 14.8 Å². The van der Waals surface area contributed by atoms with Crippen molar-refractivity contribution in [2.45, 2.75) is 38.1 Å². The standard InChI is InChI=1S/C20H26N4O.C2HF3O2/c1-15-6-4-5-7-16(15)11-24-9-8-20(13-24)14-25-12-17-10-21-19(23(2)3)22-18(17)20;3-2(4,5)1(6)7/h4-7,10H,8-9,11-14H2,1-3H3;(H,6,7). The number of aromatic nitrogens is 2. The zero-order valence-electron chi connectivity index (χ0n) is 18.3. The molecule has 0 amide bonds. The number of hydrogen-bond donors (Lipinski definition) is 1. The van der Waals surface area contributed by atoms with Gasteiger partial charge in [-0.3, -0.25) is 4.90 Å². The predicted octanol–water partition coefficient (Wildman–Crippen LogP) is 3.16. The van der Waals surface area contributed by atoms with Gasteiger partial charge < -0.3 is 14.7 Å². The van der Waals surface area contributed by atoms with Crippen molar-refractivity contribution in [1.29, 1.82) is 0 Å². The molecule has 0 bridgehead atoms. The van der Waals surface area contributed by atoms with Crippen LogP contribution in [0.15, 0.2) is 30.5 Å². The summed E-state index contributed by atoms with van der Waals surface area (Å²) in [5.41, 5.74) is 5.12. The lowest BCUT2D eigenvalue weighted by Gasteiger charge is -2.35. The van der Waals surface area contributed by atoms with Crippen molar-refractivity contribution in [2.75, 3.05) is 38.7 Å². The summed E-state index contributed by atoms with van der Waals surface area (Å²) in [6.07, 6.45) is -2.04. The summed E-state index contributed by atoms with van der Waals surface area (Å²) >= 11 is 0. The lowest BCUT2D eigenvalue weighted by Crippen LogP contribution is -2.40. The number of aliphatic carboxylic acids is 1. The Balaban J connectivity index is 0.000000360. The summed E-state index contributed by atoms with van der Waals surface area (Å²) < 4.78 is 37.7. The number of aryl methyl sites for hydroxylation is 1. The quantitative estimate of drug-likeness (QED) is 0.767. The molecule has 1 unspecified atom stereocenters. The van der Waals surface area contributed by atoms with Gasteiger partial charge in [0.1, 0.15) is 0 Å². The Bertz CT molecular complexity index is 968. The molecule has 7 nitrogen and oxygen atoms in total. The van der Waals surface area contributed by atoms with Crippen LogP contribution in [0.3, 0.4) is 0 Å². The number of likely N-dealkylation sites (tertiary alicyclic amines) is 1. The van der Waals surface area contributed by atoms with E-state index >= 15 is 0 Å². The van der Waals surface area contributed by atoms with Crippen LogP contribution in [0.25, 0.3) is 0 Å². The average molecular weight is 452 g/mol. The number of carboxylic acid groups (broad SMARTS) is 1. The van der Waals surface area contributed by atoms with Crippen LogP contribution in [0.2, 0.25) is 0 Å². The molecule has 0 radical (unpaired) electrons. The third-order valence-corrected chi connectivity index (χ3v) is 5.72. The van der Waals surface area contributed by atoms with E-state index in [1.165, 1.54) is 16.8 Å². The minimum Gasteiger partial charge on any atom is -0.475 e. The maximum atomic E-state index is 10.6. The van der Waals surface area contributed by atoms with Crippen LogP contribution in [-0.4, -0.2) is 65.9 Å². The topological polar surface area (TPSA) is 78.8 Å². The molecule has 1 fully saturated rings. The number of ether oxygens (including phenoxy) is 1. The fourth-order valence-electron chi connectivity index (χ4n) is 4.04. The molecule has 2 aromatic rings. The zero-order valence-corrected chi connectivity index (χ0v) is 18.3. The van der Waals surface area contributed by atoms with Crippen molar-refractivity contribution in [3.05, 3.63) is 52.8 Å². The summed E-state index contributed by atoms with van der Waals surface area (Å²) in [7, 11) is 3.99. The van der Waals surface area contributed by atoms with E-state index < -0.39 is 12.1 Å². The van der Waals surface area contributed by atoms with Gasteiger partial charge in [0.25, 0.3) is 0 Å². The number of halogens is 3. The molecule has 1 atom stereocenters. The fourth-order valence-corrected chi connectivity index (χ4v) is 4.04. The van der Waals surface area contributed by atoms with Crippen molar-refractivity contribution in [2.24, 2.45) is 0 Å². The van der Waals surface area contributed by atoms with Gasteiger partial charge in [-0.15, -0.1) is 0 Å². The molecule has 10 heteroatoms. The molecule has 1 N–H and O–H groups in total. The monoisotopic (exact) mass is 452 g/mol. The molecule has 32 heavy (non-hydrogen) atoms. The van der Waals surface area contributed by atoms with Crippen molar-refractivity contribution in [1.82, 2.24) is 14.9 Å². The fraction of sp³-hybridized carbons (Fsp3) is 0.500. The molecule has 2 aliphatic heterocycles. The number of carbonyl (C=O) groups is 1. The van der Waals surface area contributed by atoms with Crippen molar-refractivity contribution in [3.8, 4) is 0 Å². The second-order valence-corrected chi connectivity index (χ2v) is 8.40. The number of fused-ring (bicyclic) bond motifs is 2. The second kappa shape index (κ2) is 9.41. The lowest BCUT2D eigenvalue weighted by molar-refractivity contribution is -0.192. The highest BCUT2D eigenvalue weighted by Crippen LogP contribution is 2.39. The van der Waals surface area contributed by atoms with E-state index in [0.717, 1.165) is 44.2 Å². The van der Waals surface area contributed by atoms with E-state index in [9.17, 15) is 13.2 Å². The van der Waals surface area contributed by atoms with Crippen LogP contribution in [-0.2, 0) is 28.1 Å². The van der Waals surface area contributed by atoms with E-state index in [4.69, 9.17) is 19.6 Å². The third kappa shape index (κ3) is 5.36. The number of nitrogens with zero attached hydrogens (tertiary/aromatic N) is 4. The average Bonchev–Trinajstić information content (AvgIpc) is 3.12. The van der Waals surface area contributed by atoms with Crippen LogP contribution < -0.4 is 4.90 Å². The Hall–Kier alpha value is -2.72. The maximum Gasteiger partial charge on any atom is 0.490 e. The molecule has 174 valence electrons. The Morgan fingerprint density at radius 3 is 2.62 bits per heavy atom. The Morgan fingerprint density at radius 2 is 2.00 bits per heavy atom. The molecule has 3 heterocycles. The van der Waals surface area contributed by atoms with Crippen molar-refractivity contribution < 1.29 is 27.8 Å². The first-order valence-electron chi connectivity index (χ1n) is 10.2. The van der Waals surface area contributed by atoms with E-state index in [-0.39, 0.29) is 5.41 Å². The Labute approximate surface area is 184 Å². The van der Waals surface area contributed by atoms with E-state index in [1.807, 2.05) is 25.2 Å². The second-order valence-electron chi connectivity index (χ2n) is 8.40. The summed E-state index contributed by atoms with van der Waals surface area (Å²) in [6.45, 7) is 6.65. The number of hydrogen-bond acceptors (Lipinski definition) is 6.